The van der Waals surface area contributed by atoms with Crippen LogP contribution in [0.3, 0.4) is 0 Å². The van der Waals surface area contributed by atoms with E-state index in [2.05, 4.69) is 24.6 Å². The van der Waals surface area contributed by atoms with E-state index in [1.54, 1.807) is 0 Å². The SMILES string of the molecule is O=C(O)CC(=O)O.[Li][CH2]CCCCCCC. The minimum absolute atomic E-state index is 0.806. The molecule has 2 N–H and O–H groups in total. The van der Waals surface area contributed by atoms with Gasteiger partial charge in [0, 0.05) is 0 Å². The second-order valence-electron chi connectivity index (χ2n) is 3.73. The zero-order valence-corrected chi connectivity index (χ0v) is 10.4. The molecule has 0 rings (SSSR count). The van der Waals surface area contributed by atoms with E-state index in [9.17, 15) is 9.59 Å². The Morgan fingerprint density at radius 3 is 1.69 bits per heavy atom. The zero-order valence-electron chi connectivity index (χ0n) is 10.4. The Hall–Kier alpha value is -0.463. The van der Waals surface area contributed by atoms with Gasteiger partial charge < -0.3 is 10.2 Å². The van der Waals surface area contributed by atoms with Crippen LogP contribution in [0.15, 0.2) is 0 Å². The number of unbranched alkanes of at least 4 members (excludes halogenated alkanes) is 5. The molecule has 0 aromatic carbocycles. The summed E-state index contributed by atoms with van der Waals surface area (Å²) in [5.41, 5.74) is 0. The first-order valence-corrected chi connectivity index (χ1v) is 5.98. The Balaban J connectivity index is 0. The third-order valence-electron chi connectivity index (χ3n) is 2.01. The van der Waals surface area contributed by atoms with E-state index in [1.807, 2.05) is 0 Å². The number of hydrogen-bond acceptors (Lipinski definition) is 2. The zero-order chi connectivity index (χ0) is 12.8. The van der Waals surface area contributed by atoms with Gasteiger partial charge in [0.1, 0.15) is 6.42 Å². The van der Waals surface area contributed by atoms with Crippen molar-refractivity contribution in [1.29, 1.82) is 0 Å². The van der Waals surface area contributed by atoms with Crippen LogP contribution in [0.1, 0.15) is 51.9 Å². The van der Waals surface area contributed by atoms with Gasteiger partial charge in [-0.1, -0.05) is 0 Å². The molecule has 4 nitrogen and oxygen atoms in total. The van der Waals surface area contributed by atoms with Gasteiger partial charge in [-0.2, -0.15) is 0 Å². The van der Waals surface area contributed by atoms with Crippen LogP contribution >= 0.6 is 0 Å². The van der Waals surface area contributed by atoms with E-state index in [0.29, 0.717) is 0 Å². The second-order valence-corrected chi connectivity index (χ2v) is 3.73. The van der Waals surface area contributed by atoms with Gasteiger partial charge in [0.25, 0.3) is 0 Å². The van der Waals surface area contributed by atoms with E-state index < -0.39 is 18.4 Å². The van der Waals surface area contributed by atoms with Crippen LogP contribution < -0.4 is 0 Å². The van der Waals surface area contributed by atoms with Crippen molar-refractivity contribution < 1.29 is 19.8 Å². The number of carbonyl (C=O) groups is 2. The number of carboxylic acid groups (broad SMARTS) is 2. The van der Waals surface area contributed by atoms with Crippen molar-refractivity contribution in [2.75, 3.05) is 0 Å². The molecular formula is C11H21LiO4. The normalized spacial score (nSPS) is 9.19. The van der Waals surface area contributed by atoms with Crippen molar-refractivity contribution in [2.24, 2.45) is 0 Å². The first-order chi connectivity index (χ1) is 7.54. The standard InChI is InChI=1S/C8H17.C3H4O4.Li/c1-3-5-7-8-6-4-2;4-2(5)1-3(6)7;/h1,3-8H2,2H3;1H2,(H,4,5)(H,6,7);. The van der Waals surface area contributed by atoms with Crippen LogP contribution in [-0.2, 0) is 9.59 Å². The average Bonchev–Trinajstić information content (AvgIpc) is 2.16. The van der Waals surface area contributed by atoms with Crippen molar-refractivity contribution in [1.82, 2.24) is 0 Å². The molecule has 0 fully saturated rings. The molecule has 0 heterocycles. The summed E-state index contributed by atoms with van der Waals surface area (Å²) in [7, 11) is 0. The first kappa shape index (κ1) is 17.9. The van der Waals surface area contributed by atoms with Crippen molar-refractivity contribution >= 4 is 29.7 Å². The molecule has 0 amide bonds. The van der Waals surface area contributed by atoms with Gasteiger partial charge in [-0.25, -0.2) is 0 Å². The molecule has 0 aliphatic heterocycles. The molecule has 0 unspecified atom stereocenters. The van der Waals surface area contributed by atoms with E-state index in [4.69, 9.17) is 10.2 Å². The molecule has 16 heavy (non-hydrogen) atoms. The third-order valence-corrected chi connectivity index (χ3v) is 2.01. The predicted molar refractivity (Wildman–Crippen MR) is 63.8 cm³/mol. The number of carboxylic acids is 2. The Kier molecular flexibility index (Phi) is 16.3. The first-order valence-electron chi connectivity index (χ1n) is 5.98. The molecule has 5 heteroatoms. The van der Waals surface area contributed by atoms with Crippen LogP contribution in [0.2, 0.25) is 5.09 Å². The van der Waals surface area contributed by atoms with E-state index in [1.165, 1.54) is 43.6 Å². The van der Waals surface area contributed by atoms with Crippen molar-refractivity contribution in [2.45, 2.75) is 57.0 Å². The summed E-state index contributed by atoms with van der Waals surface area (Å²) in [5.74, 6) is -2.62. The van der Waals surface area contributed by atoms with E-state index in [-0.39, 0.29) is 0 Å². The van der Waals surface area contributed by atoms with Gasteiger partial charge in [-0.15, -0.1) is 0 Å². The Morgan fingerprint density at radius 1 is 0.938 bits per heavy atom. The molecule has 0 spiro atoms. The number of hydrogen-bond donors (Lipinski definition) is 2. The van der Waals surface area contributed by atoms with Crippen LogP contribution in [0.5, 0.6) is 0 Å². The quantitative estimate of drug-likeness (QED) is 0.377. The fourth-order valence-corrected chi connectivity index (χ4v) is 1.16. The van der Waals surface area contributed by atoms with Gasteiger partial charge in [0.2, 0.25) is 0 Å². The molecule has 90 valence electrons. The topological polar surface area (TPSA) is 74.6 Å². The Morgan fingerprint density at radius 2 is 1.38 bits per heavy atom. The summed E-state index contributed by atoms with van der Waals surface area (Å²) in [6, 6.07) is 0. The minimum atomic E-state index is -1.31. The monoisotopic (exact) mass is 224 g/mol. The summed E-state index contributed by atoms with van der Waals surface area (Å²) < 4.78 is 0. The molecule has 0 aromatic rings. The Bertz CT molecular complexity index is 165. The van der Waals surface area contributed by atoms with E-state index in [0.717, 1.165) is 0 Å². The average molecular weight is 224 g/mol. The van der Waals surface area contributed by atoms with Crippen LogP contribution in [-0.4, -0.2) is 39.9 Å². The van der Waals surface area contributed by atoms with E-state index >= 15 is 0 Å². The second kappa shape index (κ2) is 14.5. The molecule has 0 saturated heterocycles. The molecule has 0 aliphatic carbocycles. The summed E-state index contributed by atoms with van der Waals surface area (Å²) in [4.78, 5) is 18.9. The third kappa shape index (κ3) is 23.4. The van der Waals surface area contributed by atoms with Crippen LogP contribution in [0, 0.1) is 0 Å². The van der Waals surface area contributed by atoms with Gasteiger partial charge >= 0.3 is 80.2 Å². The van der Waals surface area contributed by atoms with Gasteiger partial charge in [0.15, 0.2) is 0 Å². The van der Waals surface area contributed by atoms with Crippen molar-refractivity contribution in [3.63, 3.8) is 0 Å². The summed E-state index contributed by atoms with van der Waals surface area (Å²) in [5, 5.41) is 16.8. The van der Waals surface area contributed by atoms with Gasteiger partial charge in [-0.05, 0) is 0 Å². The molecule has 0 aromatic heterocycles. The van der Waals surface area contributed by atoms with Gasteiger partial charge in [-0.3, -0.25) is 9.59 Å². The summed E-state index contributed by atoms with van der Waals surface area (Å²) in [6.07, 6.45) is 7.80. The molecule has 0 atom stereocenters. The van der Waals surface area contributed by atoms with Crippen LogP contribution in [0.25, 0.3) is 0 Å². The molecule has 0 radical (unpaired) electrons. The fraction of sp³-hybridized carbons (Fsp3) is 0.818. The number of rotatable bonds is 8. The molecular weight excluding hydrogens is 203 g/mol. The maximum absolute atomic E-state index is 9.43. The van der Waals surface area contributed by atoms with Crippen molar-refractivity contribution in [3.05, 3.63) is 0 Å². The maximum atomic E-state index is 9.43. The summed E-state index contributed by atoms with van der Waals surface area (Å²) >= 11 is 2.26. The number of aliphatic carboxylic acids is 2. The molecule has 0 aliphatic rings. The fourth-order valence-electron chi connectivity index (χ4n) is 1.16. The Labute approximate surface area is 107 Å². The van der Waals surface area contributed by atoms with Gasteiger partial charge in [0.05, 0.1) is 0 Å². The predicted octanol–water partition coefficient (Wildman–Crippen LogP) is 2.48. The van der Waals surface area contributed by atoms with Crippen LogP contribution in [0.4, 0.5) is 0 Å². The molecule has 0 saturated carbocycles. The summed E-state index contributed by atoms with van der Waals surface area (Å²) in [6.45, 7) is 2.26. The molecule has 0 bridgehead atoms. The van der Waals surface area contributed by atoms with Crippen molar-refractivity contribution in [3.8, 4) is 0 Å².